The summed E-state index contributed by atoms with van der Waals surface area (Å²) in [5.74, 6) is 1.62. The molecule has 0 spiro atoms. The SMILES string of the molecule is C1=CC2C=CC3=C(CCC3)C2C1. The van der Waals surface area contributed by atoms with Crippen molar-refractivity contribution in [3.8, 4) is 0 Å². The highest BCUT2D eigenvalue weighted by atomic mass is 14.3. The zero-order valence-corrected chi connectivity index (χ0v) is 7.29. The summed E-state index contributed by atoms with van der Waals surface area (Å²) in [6, 6.07) is 0. The van der Waals surface area contributed by atoms with Crippen LogP contribution in [0.1, 0.15) is 25.7 Å². The van der Waals surface area contributed by atoms with Crippen molar-refractivity contribution < 1.29 is 0 Å². The second-order valence-electron chi connectivity index (χ2n) is 4.11. The third-order valence-corrected chi connectivity index (χ3v) is 3.48. The highest BCUT2D eigenvalue weighted by Crippen LogP contribution is 2.44. The molecule has 0 saturated carbocycles. The van der Waals surface area contributed by atoms with Crippen LogP contribution in [0.5, 0.6) is 0 Å². The van der Waals surface area contributed by atoms with E-state index in [2.05, 4.69) is 24.3 Å². The van der Waals surface area contributed by atoms with E-state index < -0.39 is 0 Å². The fourth-order valence-electron chi connectivity index (χ4n) is 2.88. The Kier molecular flexibility index (Phi) is 1.31. The van der Waals surface area contributed by atoms with Crippen LogP contribution in [0.15, 0.2) is 35.5 Å². The minimum absolute atomic E-state index is 0.752. The largest absolute Gasteiger partial charge is 0.0873 e. The summed E-state index contributed by atoms with van der Waals surface area (Å²) in [5.41, 5.74) is 3.45. The number of rotatable bonds is 0. The average molecular weight is 158 g/mol. The zero-order valence-electron chi connectivity index (χ0n) is 7.29. The lowest BCUT2D eigenvalue weighted by atomic mass is 9.82. The Bertz CT molecular complexity index is 291. The van der Waals surface area contributed by atoms with E-state index in [0.29, 0.717) is 0 Å². The maximum Gasteiger partial charge on any atom is 0.00185 e. The van der Waals surface area contributed by atoms with E-state index in [1.54, 1.807) is 11.1 Å². The van der Waals surface area contributed by atoms with Crippen molar-refractivity contribution in [2.24, 2.45) is 11.8 Å². The highest BCUT2D eigenvalue weighted by Gasteiger charge is 2.30. The smallest absolute Gasteiger partial charge is 0.00185 e. The van der Waals surface area contributed by atoms with Gasteiger partial charge in [0.05, 0.1) is 0 Å². The summed E-state index contributed by atoms with van der Waals surface area (Å²) in [6.07, 6.45) is 14.9. The lowest BCUT2D eigenvalue weighted by molar-refractivity contribution is 0.545. The molecule has 0 saturated heterocycles. The van der Waals surface area contributed by atoms with Crippen molar-refractivity contribution in [1.29, 1.82) is 0 Å². The van der Waals surface area contributed by atoms with Gasteiger partial charge in [-0.15, -0.1) is 0 Å². The quantitative estimate of drug-likeness (QED) is 0.475. The van der Waals surface area contributed by atoms with E-state index in [9.17, 15) is 0 Å². The molecule has 3 aliphatic carbocycles. The molecule has 2 unspecified atom stereocenters. The first-order chi connectivity index (χ1) is 5.95. The Morgan fingerprint density at radius 3 is 3.17 bits per heavy atom. The van der Waals surface area contributed by atoms with Crippen molar-refractivity contribution in [1.82, 2.24) is 0 Å². The van der Waals surface area contributed by atoms with Gasteiger partial charge in [0.25, 0.3) is 0 Å². The van der Waals surface area contributed by atoms with Crippen LogP contribution in [-0.2, 0) is 0 Å². The number of fused-ring (bicyclic) bond motifs is 2. The van der Waals surface area contributed by atoms with Crippen LogP contribution in [0.25, 0.3) is 0 Å². The first-order valence-electron chi connectivity index (χ1n) is 5.02. The van der Waals surface area contributed by atoms with Crippen LogP contribution in [0.3, 0.4) is 0 Å². The van der Waals surface area contributed by atoms with Crippen LogP contribution in [0.4, 0.5) is 0 Å². The Hall–Kier alpha value is -0.780. The van der Waals surface area contributed by atoms with Gasteiger partial charge in [-0.2, -0.15) is 0 Å². The van der Waals surface area contributed by atoms with Gasteiger partial charge in [-0.1, -0.05) is 29.9 Å². The standard InChI is InChI=1S/C12H14/c1-3-9-7-8-10-4-2-6-12(10)11(9)5-1/h1,3,7-9,11H,2,4-6H2. The van der Waals surface area contributed by atoms with Crippen molar-refractivity contribution in [2.45, 2.75) is 25.7 Å². The molecule has 0 aliphatic heterocycles. The van der Waals surface area contributed by atoms with Crippen LogP contribution >= 0.6 is 0 Å². The van der Waals surface area contributed by atoms with Crippen molar-refractivity contribution in [2.75, 3.05) is 0 Å². The first-order valence-corrected chi connectivity index (χ1v) is 5.02. The summed E-state index contributed by atoms with van der Waals surface area (Å²) >= 11 is 0. The van der Waals surface area contributed by atoms with Crippen molar-refractivity contribution >= 4 is 0 Å². The van der Waals surface area contributed by atoms with Crippen LogP contribution in [0, 0.1) is 11.8 Å². The van der Waals surface area contributed by atoms with Crippen LogP contribution in [-0.4, -0.2) is 0 Å². The molecule has 12 heavy (non-hydrogen) atoms. The minimum atomic E-state index is 0.752. The lowest BCUT2D eigenvalue weighted by Gasteiger charge is -2.22. The van der Waals surface area contributed by atoms with Gasteiger partial charge in [-0.25, -0.2) is 0 Å². The van der Waals surface area contributed by atoms with Gasteiger partial charge >= 0.3 is 0 Å². The van der Waals surface area contributed by atoms with Gasteiger partial charge < -0.3 is 0 Å². The van der Waals surface area contributed by atoms with Crippen molar-refractivity contribution in [3.05, 3.63) is 35.5 Å². The number of hydrogen-bond donors (Lipinski definition) is 0. The monoisotopic (exact) mass is 158 g/mol. The molecule has 0 aromatic heterocycles. The summed E-state index contributed by atoms with van der Waals surface area (Å²) in [5, 5.41) is 0. The van der Waals surface area contributed by atoms with Crippen LogP contribution in [0.2, 0.25) is 0 Å². The molecular weight excluding hydrogens is 144 g/mol. The van der Waals surface area contributed by atoms with Crippen molar-refractivity contribution in [3.63, 3.8) is 0 Å². The van der Waals surface area contributed by atoms with E-state index in [4.69, 9.17) is 0 Å². The third-order valence-electron chi connectivity index (χ3n) is 3.48. The van der Waals surface area contributed by atoms with E-state index >= 15 is 0 Å². The maximum atomic E-state index is 2.40. The molecule has 0 nitrogen and oxygen atoms in total. The predicted octanol–water partition coefficient (Wildman–Crippen LogP) is 3.23. The Labute approximate surface area is 73.7 Å². The summed E-state index contributed by atoms with van der Waals surface area (Å²) < 4.78 is 0. The molecule has 0 aromatic rings. The summed E-state index contributed by atoms with van der Waals surface area (Å²) in [4.78, 5) is 0. The molecule has 62 valence electrons. The van der Waals surface area contributed by atoms with Gasteiger partial charge in [0.2, 0.25) is 0 Å². The molecule has 0 heterocycles. The molecule has 0 aromatic carbocycles. The van der Waals surface area contributed by atoms with Gasteiger partial charge in [0.15, 0.2) is 0 Å². The topological polar surface area (TPSA) is 0 Å². The Morgan fingerprint density at radius 2 is 2.17 bits per heavy atom. The predicted molar refractivity (Wildman–Crippen MR) is 50.8 cm³/mol. The minimum Gasteiger partial charge on any atom is -0.0873 e. The fraction of sp³-hybridized carbons (Fsp3) is 0.500. The zero-order chi connectivity index (χ0) is 7.97. The van der Waals surface area contributed by atoms with Gasteiger partial charge in [0.1, 0.15) is 0 Å². The molecular formula is C12H14. The van der Waals surface area contributed by atoms with Gasteiger partial charge in [-0.3, -0.25) is 0 Å². The molecule has 2 atom stereocenters. The third kappa shape index (κ3) is 0.782. The lowest BCUT2D eigenvalue weighted by Crippen LogP contribution is -2.11. The average Bonchev–Trinajstić information content (AvgIpc) is 2.71. The molecule has 0 amide bonds. The summed E-state index contributed by atoms with van der Waals surface area (Å²) in [6.45, 7) is 0. The Morgan fingerprint density at radius 1 is 1.17 bits per heavy atom. The molecule has 0 fully saturated rings. The van der Waals surface area contributed by atoms with E-state index in [0.717, 1.165) is 11.8 Å². The van der Waals surface area contributed by atoms with Gasteiger partial charge in [-0.05, 0) is 37.2 Å². The Balaban J connectivity index is 2.01. The molecule has 3 rings (SSSR count). The van der Waals surface area contributed by atoms with E-state index in [1.165, 1.54) is 25.7 Å². The second-order valence-corrected chi connectivity index (χ2v) is 4.11. The molecule has 0 N–H and O–H groups in total. The fourth-order valence-corrected chi connectivity index (χ4v) is 2.88. The molecule has 3 aliphatic rings. The van der Waals surface area contributed by atoms with Gasteiger partial charge in [0, 0.05) is 5.92 Å². The molecule has 0 heteroatoms. The van der Waals surface area contributed by atoms with E-state index in [-0.39, 0.29) is 0 Å². The normalized spacial score (nSPS) is 37.3. The maximum absolute atomic E-state index is 2.40. The number of hydrogen-bond acceptors (Lipinski definition) is 0. The second kappa shape index (κ2) is 2.35. The first kappa shape index (κ1) is 6.71. The highest BCUT2D eigenvalue weighted by molar-refractivity contribution is 5.39. The van der Waals surface area contributed by atoms with Crippen LogP contribution < -0.4 is 0 Å². The molecule has 0 bridgehead atoms. The number of allylic oxidation sites excluding steroid dienone is 6. The molecule has 0 radical (unpaired) electrons. The summed E-state index contributed by atoms with van der Waals surface area (Å²) in [7, 11) is 0. The van der Waals surface area contributed by atoms with E-state index in [1.807, 2.05) is 0 Å².